The average molecular weight is 446 g/mol. The molecule has 0 amide bonds. The Labute approximate surface area is 187 Å². The number of rotatable bonds is 5. The van der Waals surface area contributed by atoms with Gasteiger partial charge in [-0.2, -0.15) is 4.98 Å². The van der Waals surface area contributed by atoms with Gasteiger partial charge in [0.15, 0.2) is 5.82 Å². The second kappa shape index (κ2) is 8.24. The average Bonchev–Trinajstić information content (AvgIpc) is 3.22. The van der Waals surface area contributed by atoms with E-state index in [9.17, 15) is 4.79 Å². The van der Waals surface area contributed by atoms with Crippen LogP contribution in [0.15, 0.2) is 76.0 Å². The number of halogens is 1. The maximum Gasteiger partial charge on any atom is 0.278 e. The first-order valence-electron chi connectivity index (χ1n) is 9.76. The van der Waals surface area contributed by atoms with Crippen LogP contribution in [0, 0.1) is 6.92 Å². The standard InChI is InChI=1S/C23H16ClN5O3/c1-14-25-22(32-27-14)13-29-23(30)20-12-16(4-11-21(20)26-28-29)15-2-7-18(8-3-15)31-19-9-5-17(24)6-10-19/h2-12H,13H2,1H3. The Kier molecular flexibility index (Phi) is 5.12. The van der Waals surface area contributed by atoms with E-state index in [4.69, 9.17) is 20.9 Å². The highest BCUT2D eigenvalue weighted by Gasteiger charge is 2.11. The first kappa shape index (κ1) is 19.9. The second-order valence-electron chi connectivity index (χ2n) is 7.10. The summed E-state index contributed by atoms with van der Waals surface area (Å²) >= 11 is 5.91. The molecule has 0 aliphatic heterocycles. The quantitative estimate of drug-likeness (QED) is 0.388. The van der Waals surface area contributed by atoms with Gasteiger partial charge in [0.25, 0.3) is 5.56 Å². The van der Waals surface area contributed by atoms with Crippen LogP contribution in [0.1, 0.15) is 11.7 Å². The smallest absolute Gasteiger partial charge is 0.278 e. The Balaban J connectivity index is 1.42. The van der Waals surface area contributed by atoms with Gasteiger partial charge < -0.3 is 9.26 Å². The minimum Gasteiger partial charge on any atom is -0.457 e. The van der Waals surface area contributed by atoms with Crippen LogP contribution in [0.4, 0.5) is 0 Å². The maximum absolute atomic E-state index is 12.9. The number of ether oxygens (including phenoxy) is 1. The van der Waals surface area contributed by atoms with Crippen molar-refractivity contribution in [2.45, 2.75) is 13.5 Å². The molecule has 2 aromatic heterocycles. The van der Waals surface area contributed by atoms with Gasteiger partial charge in [-0.05, 0) is 66.6 Å². The Morgan fingerprint density at radius 2 is 1.66 bits per heavy atom. The number of hydrogen-bond acceptors (Lipinski definition) is 7. The monoisotopic (exact) mass is 445 g/mol. The molecular weight excluding hydrogens is 430 g/mol. The Morgan fingerprint density at radius 3 is 2.34 bits per heavy atom. The molecule has 0 atom stereocenters. The third kappa shape index (κ3) is 4.08. The van der Waals surface area contributed by atoms with Gasteiger partial charge in [-0.15, -0.1) is 5.10 Å². The lowest BCUT2D eigenvalue weighted by Gasteiger charge is -2.08. The summed E-state index contributed by atoms with van der Waals surface area (Å²) in [5.74, 6) is 2.18. The zero-order chi connectivity index (χ0) is 22.1. The summed E-state index contributed by atoms with van der Waals surface area (Å²) in [5.41, 5.74) is 2.04. The highest BCUT2D eigenvalue weighted by Crippen LogP contribution is 2.27. The number of benzene rings is 3. The molecule has 0 radical (unpaired) electrons. The van der Waals surface area contributed by atoms with Crippen molar-refractivity contribution in [2.24, 2.45) is 0 Å². The lowest BCUT2D eigenvalue weighted by Crippen LogP contribution is -2.25. The third-order valence-corrected chi connectivity index (χ3v) is 5.07. The van der Waals surface area contributed by atoms with Gasteiger partial charge >= 0.3 is 0 Å². The third-order valence-electron chi connectivity index (χ3n) is 4.81. The fourth-order valence-corrected chi connectivity index (χ4v) is 3.37. The lowest BCUT2D eigenvalue weighted by atomic mass is 10.0. The van der Waals surface area contributed by atoms with Gasteiger partial charge in [-0.25, -0.2) is 4.68 Å². The number of hydrogen-bond donors (Lipinski definition) is 0. The van der Waals surface area contributed by atoms with E-state index in [0.29, 0.717) is 39.1 Å². The number of aromatic nitrogens is 5. The summed E-state index contributed by atoms with van der Waals surface area (Å²) in [4.78, 5) is 17.1. The van der Waals surface area contributed by atoms with E-state index >= 15 is 0 Å². The molecule has 0 spiro atoms. The van der Waals surface area contributed by atoms with E-state index in [1.165, 1.54) is 4.68 Å². The van der Waals surface area contributed by atoms with E-state index in [1.807, 2.05) is 30.3 Å². The zero-order valence-electron chi connectivity index (χ0n) is 16.9. The number of aryl methyl sites for hydroxylation is 1. The van der Waals surface area contributed by atoms with E-state index < -0.39 is 0 Å². The summed E-state index contributed by atoms with van der Waals surface area (Å²) < 4.78 is 12.1. The molecule has 32 heavy (non-hydrogen) atoms. The fourth-order valence-electron chi connectivity index (χ4n) is 3.25. The van der Waals surface area contributed by atoms with Crippen molar-refractivity contribution in [1.82, 2.24) is 25.1 Å². The molecule has 5 aromatic rings. The molecular formula is C23H16ClN5O3. The molecule has 0 saturated carbocycles. The van der Waals surface area contributed by atoms with Crippen molar-refractivity contribution in [3.63, 3.8) is 0 Å². The highest BCUT2D eigenvalue weighted by atomic mass is 35.5. The van der Waals surface area contributed by atoms with Gasteiger partial charge in [0.2, 0.25) is 5.89 Å². The molecule has 0 bridgehead atoms. The Hall–Kier alpha value is -4.04. The number of fused-ring (bicyclic) bond motifs is 1. The predicted octanol–water partition coefficient (Wildman–Crippen LogP) is 4.64. The van der Waals surface area contributed by atoms with Crippen LogP contribution in [0.3, 0.4) is 0 Å². The lowest BCUT2D eigenvalue weighted by molar-refractivity contribution is 0.358. The number of nitrogens with zero attached hydrogens (tertiary/aromatic N) is 5. The molecule has 2 heterocycles. The molecule has 0 aliphatic carbocycles. The van der Waals surface area contributed by atoms with Crippen LogP contribution < -0.4 is 10.3 Å². The summed E-state index contributed by atoms with van der Waals surface area (Å²) in [6.45, 7) is 1.77. The first-order valence-corrected chi connectivity index (χ1v) is 10.1. The van der Waals surface area contributed by atoms with Crippen molar-refractivity contribution < 1.29 is 9.26 Å². The van der Waals surface area contributed by atoms with Gasteiger partial charge in [-0.1, -0.05) is 40.2 Å². The van der Waals surface area contributed by atoms with Crippen LogP contribution in [-0.2, 0) is 6.54 Å². The predicted molar refractivity (Wildman–Crippen MR) is 119 cm³/mol. The molecule has 0 aliphatic rings. The molecule has 9 heteroatoms. The largest absolute Gasteiger partial charge is 0.457 e. The topological polar surface area (TPSA) is 95.9 Å². The highest BCUT2D eigenvalue weighted by molar-refractivity contribution is 6.30. The van der Waals surface area contributed by atoms with Crippen LogP contribution in [0.5, 0.6) is 11.5 Å². The van der Waals surface area contributed by atoms with Crippen molar-refractivity contribution in [2.75, 3.05) is 0 Å². The minimum absolute atomic E-state index is 0.0591. The first-order chi connectivity index (χ1) is 15.5. The Morgan fingerprint density at radius 1 is 0.969 bits per heavy atom. The van der Waals surface area contributed by atoms with E-state index in [0.717, 1.165) is 11.1 Å². The van der Waals surface area contributed by atoms with E-state index in [1.54, 1.807) is 43.3 Å². The van der Waals surface area contributed by atoms with Crippen LogP contribution in [0.2, 0.25) is 5.02 Å². The van der Waals surface area contributed by atoms with Crippen LogP contribution >= 0.6 is 11.6 Å². The second-order valence-corrected chi connectivity index (χ2v) is 7.54. The van der Waals surface area contributed by atoms with Gasteiger partial charge in [0, 0.05) is 5.02 Å². The summed E-state index contributed by atoms with van der Waals surface area (Å²) in [7, 11) is 0. The fraction of sp³-hybridized carbons (Fsp3) is 0.0870. The summed E-state index contributed by atoms with van der Waals surface area (Å²) in [6, 6.07) is 20.2. The summed E-state index contributed by atoms with van der Waals surface area (Å²) in [6.07, 6.45) is 0. The molecule has 0 saturated heterocycles. The maximum atomic E-state index is 12.9. The van der Waals surface area contributed by atoms with Gasteiger partial charge in [-0.3, -0.25) is 4.79 Å². The molecule has 0 unspecified atom stereocenters. The van der Waals surface area contributed by atoms with E-state index in [-0.39, 0.29) is 12.1 Å². The van der Waals surface area contributed by atoms with Gasteiger partial charge in [0.1, 0.15) is 23.6 Å². The molecule has 8 nitrogen and oxygen atoms in total. The summed E-state index contributed by atoms with van der Waals surface area (Å²) in [5, 5.41) is 12.9. The zero-order valence-corrected chi connectivity index (χ0v) is 17.7. The van der Waals surface area contributed by atoms with Crippen molar-refractivity contribution in [3.05, 3.63) is 93.8 Å². The van der Waals surface area contributed by atoms with E-state index in [2.05, 4.69) is 20.5 Å². The molecule has 5 rings (SSSR count). The SMILES string of the molecule is Cc1noc(Cn2nnc3ccc(-c4ccc(Oc5ccc(Cl)cc5)cc4)cc3c2=O)n1. The van der Waals surface area contributed by atoms with Crippen molar-refractivity contribution in [1.29, 1.82) is 0 Å². The molecule has 3 aromatic carbocycles. The van der Waals surface area contributed by atoms with Gasteiger partial charge in [0.05, 0.1) is 5.39 Å². The Bertz CT molecular complexity index is 1460. The molecule has 0 fully saturated rings. The van der Waals surface area contributed by atoms with Crippen molar-refractivity contribution >= 4 is 22.5 Å². The van der Waals surface area contributed by atoms with Crippen LogP contribution in [-0.4, -0.2) is 25.1 Å². The molecule has 0 N–H and O–H groups in total. The van der Waals surface area contributed by atoms with Crippen LogP contribution in [0.25, 0.3) is 22.0 Å². The normalized spacial score (nSPS) is 11.1. The molecule has 158 valence electrons. The minimum atomic E-state index is -0.282. The van der Waals surface area contributed by atoms with Crippen molar-refractivity contribution in [3.8, 4) is 22.6 Å².